The number of ketones is 1. The van der Waals surface area contributed by atoms with Gasteiger partial charge in [-0.05, 0) is 31.7 Å². The van der Waals surface area contributed by atoms with Crippen LogP contribution in [0.3, 0.4) is 0 Å². The number of Topliss-reactive ketones (excluding diaryl/α,β-unsaturated/α-hetero) is 1. The van der Waals surface area contributed by atoms with E-state index < -0.39 is 11.9 Å². The van der Waals surface area contributed by atoms with Gasteiger partial charge in [-0.1, -0.05) is 6.92 Å². The number of carbonyl (C=O) groups excluding carboxylic acids is 1. The first-order chi connectivity index (χ1) is 13.3. The monoisotopic (exact) mass is 392 g/mol. The summed E-state index contributed by atoms with van der Waals surface area (Å²) in [4.78, 5) is 37.7. The maximum Gasteiger partial charge on any atom is 0.328 e. The lowest BCUT2D eigenvalue weighted by Gasteiger charge is -2.31. The molecule has 1 aromatic heterocycles. The van der Waals surface area contributed by atoms with E-state index in [9.17, 15) is 14.4 Å². The zero-order chi connectivity index (χ0) is 20.7. The van der Waals surface area contributed by atoms with Gasteiger partial charge in [-0.3, -0.25) is 9.69 Å². The molecule has 28 heavy (non-hydrogen) atoms. The number of carboxylic acid groups (broad SMARTS) is 2. The minimum Gasteiger partial charge on any atom is -0.478 e. The highest BCUT2D eigenvalue weighted by molar-refractivity contribution is 6.01. The molecular weight excluding hydrogens is 364 g/mol. The van der Waals surface area contributed by atoms with Gasteiger partial charge in [0, 0.05) is 54.7 Å². The van der Waals surface area contributed by atoms with E-state index in [4.69, 9.17) is 14.9 Å². The van der Waals surface area contributed by atoms with Gasteiger partial charge in [0.05, 0.1) is 13.2 Å². The predicted octanol–water partition coefficient (Wildman–Crippen LogP) is 1.67. The lowest BCUT2D eigenvalue weighted by Crippen LogP contribution is -2.42. The summed E-state index contributed by atoms with van der Waals surface area (Å²) in [6, 6.07) is 0. The molecule has 1 unspecified atom stereocenters. The molecule has 1 aromatic rings. The number of nitrogens with zero attached hydrogens (tertiary/aromatic N) is 1. The van der Waals surface area contributed by atoms with Crippen molar-refractivity contribution in [3.63, 3.8) is 0 Å². The standard InChI is InChI=1S/C16H24N2O2.C4H4O4/c1-3-13-11(2)17-14-5-4-12(16(19)15(13)14)10-18-6-8-20-9-7-18;5-3(6)1-2-4(7)8/h12,17H,3-10H2,1-2H3;1-2H,(H,5,6)(H,7,8)/b;2-1+. The maximum atomic E-state index is 12.8. The number of aromatic amines is 1. The summed E-state index contributed by atoms with van der Waals surface area (Å²) in [6.07, 6.45) is 4.04. The van der Waals surface area contributed by atoms with E-state index in [0.717, 1.165) is 57.7 Å². The number of aryl methyl sites for hydroxylation is 2. The van der Waals surface area contributed by atoms with Gasteiger partial charge in [0.15, 0.2) is 5.78 Å². The van der Waals surface area contributed by atoms with Crippen LogP contribution in [0.1, 0.15) is 40.7 Å². The molecule has 8 nitrogen and oxygen atoms in total. The Balaban J connectivity index is 0.000000300. The molecule has 1 fully saturated rings. The third-order valence-electron chi connectivity index (χ3n) is 5.06. The van der Waals surface area contributed by atoms with Crippen LogP contribution >= 0.6 is 0 Å². The van der Waals surface area contributed by atoms with Crippen LogP contribution in [0, 0.1) is 12.8 Å². The van der Waals surface area contributed by atoms with Crippen molar-refractivity contribution >= 4 is 17.7 Å². The third-order valence-corrected chi connectivity index (χ3v) is 5.06. The molecule has 0 aromatic carbocycles. The zero-order valence-corrected chi connectivity index (χ0v) is 16.4. The third kappa shape index (κ3) is 5.77. The summed E-state index contributed by atoms with van der Waals surface area (Å²) in [5, 5.41) is 15.6. The summed E-state index contributed by atoms with van der Waals surface area (Å²) in [6.45, 7) is 8.64. The Kier molecular flexibility index (Phi) is 7.95. The molecule has 3 N–H and O–H groups in total. The van der Waals surface area contributed by atoms with Crippen LogP contribution < -0.4 is 0 Å². The van der Waals surface area contributed by atoms with Crippen LogP contribution in [0.15, 0.2) is 12.2 Å². The van der Waals surface area contributed by atoms with Crippen LogP contribution in [0.2, 0.25) is 0 Å². The van der Waals surface area contributed by atoms with Gasteiger partial charge in [0.1, 0.15) is 0 Å². The molecule has 0 radical (unpaired) electrons. The Morgan fingerprint density at radius 3 is 2.36 bits per heavy atom. The maximum absolute atomic E-state index is 12.8. The van der Waals surface area contributed by atoms with E-state index in [1.807, 2.05) is 0 Å². The molecule has 0 amide bonds. The Bertz CT molecular complexity index is 730. The number of ether oxygens (including phenoxy) is 1. The van der Waals surface area contributed by atoms with Gasteiger partial charge in [0.25, 0.3) is 0 Å². The Morgan fingerprint density at radius 1 is 1.21 bits per heavy atom. The number of aliphatic carboxylic acids is 2. The fourth-order valence-corrected chi connectivity index (χ4v) is 3.73. The molecule has 2 aliphatic rings. The average molecular weight is 392 g/mol. The first kappa shape index (κ1) is 21.8. The fraction of sp³-hybridized carbons (Fsp3) is 0.550. The van der Waals surface area contributed by atoms with Crippen LogP contribution in [0.25, 0.3) is 0 Å². The fourth-order valence-electron chi connectivity index (χ4n) is 3.73. The van der Waals surface area contributed by atoms with Gasteiger partial charge in [-0.15, -0.1) is 0 Å². The van der Waals surface area contributed by atoms with Gasteiger partial charge >= 0.3 is 11.9 Å². The summed E-state index contributed by atoms with van der Waals surface area (Å²) >= 11 is 0. The molecule has 1 atom stereocenters. The van der Waals surface area contributed by atoms with Crippen molar-refractivity contribution in [2.75, 3.05) is 32.8 Å². The number of aromatic nitrogens is 1. The number of nitrogens with one attached hydrogen (secondary N) is 1. The highest BCUT2D eigenvalue weighted by Crippen LogP contribution is 2.30. The number of rotatable bonds is 5. The molecule has 1 saturated heterocycles. The summed E-state index contributed by atoms with van der Waals surface area (Å²) in [5.74, 6) is -1.99. The Labute approximate surface area is 164 Å². The second-order valence-corrected chi connectivity index (χ2v) is 6.96. The van der Waals surface area contributed by atoms with Crippen molar-refractivity contribution in [3.05, 3.63) is 34.7 Å². The van der Waals surface area contributed by atoms with E-state index in [1.165, 1.54) is 17.0 Å². The quantitative estimate of drug-likeness (QED) is 0.652. The van der Waals surface area contributed by atoms with Crippen molar-refractivity contribution < 1.29 is 29.3 Å². The predicted molar refractivity (Wildman–Crippen MR) is 103 cm³/mol. The van der Waals surface area contributed by atoms with Crippen LogP contribution in [-0.4, -0.2) is 70.7 Å². The molecule has 1 aliphatic carbocycles. The molecule has 0 saturated carbocycles. The highest BCUT2D eigenvalue weighted by Gasteiger charge is 2.32. The normalized spacial score (nSPS) is 19.8. The lowest BCUT2D eigenvalue weighted by molar-refractivity contribution is -0.134. The summed E-state index contributed by atoms with van der Waals surface area (Å²) in [5.41, 5.74) is 4.59. The van der Waals surface area contributed by atoms with Crippen LogP contribution in [0.5, 0.6) is 0 Å². The number of hydrogen-bond donors (Lipinski definition) is 3. The first-order valence-electron chi connectivity index (χ1n) is 9.52. The zero-order valence-electron chi connectivity index (χ0n) is 16.4. The van der Waals surface area contributed by atoms with E-state index >= 15 is 0 Å². The van der Waals surface area contributed by atoms with E-state index in [1.54, 1.807) is 0 Å². The topological polar surface area (TPSA) is 120 Å². The summed E-state index contributed by atoms with van der Waals surface area (Å²) < 4.78 is 5.38. The molecule has 0 spiro atoms. The number of fused-ring (bicyclic) bond motifs is 1. The van der Waals surface area contributed by atoms with Gasteiger partial charge < -0.3 is 19.9 Å². The van der Waals surface area contributed by atoms with Crippen LogP contribution in [-0.2, 0) is 27.2 Å². The van der Waals surface area contributed by atoms with Crippen molar-refractivity contribution in [2.24, 2.45) is 5.92 Å². The van der Waals surface area contributed by atoms with E-state index in [0.29, 0.717) is 17.9 Å². The Hall–Kier alpha value is -2.45. The minimum atomic E-state index is -1.26. The highest BCUT2D eigenvalue weighted by atomic mass is 16.5. The van der Waals surface area contributed by atoms with Gasteiger partial charge in [-0.25, -0.2) is 9.59 Å². The molecular formula is C20H28N2O6. The Morgan fingerprint density at radius 2 is 1.82 bits per heavy atom. The van der Waals surface area contributed by atoms with Crippen molar-refractivity contribution in [2.45, 2.75) is 33.1 Å². The van der Waals surface area contributed by atoms with Gasteiger partial charge in [0.2, 0.25) is 0 Å². The number of morpholine rings is 1. The van der Waals surface area contributed by atoms with Crippen molar-refractivity contribution in [1.29, 1.82) is 0 Å². The molecule has 0 bridgehead atoms. The van der Waals surface area contributed by atoms with Gasteiger partial charge in [-0.2, -0.15) is 0 Å². The average Bonchev–Trinajstić information content (AvgIpc) is 2.99. The van der Waals surface area contributed by atoms with E-state index in [-0.39, 0.29) is 5.92 Å². The van der Waals surface area contributed by atoms with Crippen LogP contribution in [0.4, 0.5) is 0 Å². The minimum absolute atomic E-state index is 0.168. The first-order valence-corrected chi connectivity index (χ1v) is 9.52. The molecule has 3 rings (SSSR count). The second kappa shape index (κ2) is 10.2. The molecule has 154 valence electrons. The van der Waals surface area contributed by atoms with Crippen molar-refractivity contribution in [3.8, 4) is 0 Å². The number of carbonyl (C=O) groups is 3. The summed E-state index contributed by atoms with van der Waals surface area (Å²) in [7, 11) is 0. The smallest absolute Gasteiger partial charge is 0.328 e. The lowest BCUT2D eigenvalue weighted by atomic mass is 9.83. The number of carboxylic acids is 2. The molecule has 2 heterocycles. The second-order valence-electron chi connectivity index (χ2n) is 6.96. The largest absolute Gasteiger partial charge is 0.478 e. The van der Waals surface area contributed by atoms with E-state index in [2.05, 4.69) is 23.7 Å². The molecule has 8 heteroatoms. The number of hydrogen-bond acceptors (Lipinski definition) is 5. The number of H-pyrrole nitrogens is 1. The SMILES string of the molecule is CCc1c(C)[nH]c2c1C(=O)C(CN1CCOCC1)CC2.O=C(O)/C=C/C(=O)O. The van der Waals surface area contributed by atoms with Crippen molar-refractivity contribution in [1.82, 2.24) is 9.88 Å². The molecule has 1 aliphatic heterocycles.